The van der Waals surface area contributed by atoms with Gasteiger partial charge in [-0.1, -0.05) is 29.5 Å². The van der Waals surface area contributed by atoms with E-state index in [0.717, 1.165) is 17.3 Å². The van der Waals surface area contributed by atoms with E-state index in [1.54, 1.807) is 12.3 Å². The van der Waals surface area contributed by atoms with Gasteiger partial charge in [0, 0.05) is 17.5 Å². The molecule has 0 saturated carbocycles. The summed E-state index contributed by atoms with van der Waals surface area (Å²) in [6, 6.07) is 15.0. The van der Waals surface area contributed by atoms with Crippen LogP contribution in [0.3, 0.4) is 0 Å². The Bertz CT molecular complexity index is 1040. The zero-order valence-corrected chi connectivity index (χ0v) is 15.2. The summed E-state index contributed by atoms with van der Waals surface area (Å²) in [5.74, 6) is 0.323. The van der Waals surface area contributed by atoms with Crippen LogP contribution in [0.2, 0.25) is 0 Å². The minimum atomic E-state index is -0.595. The first-order chi connectivity index (χ1) is 13.1. The molecule has 0 amide bonds. The highest BCUT2D eigenvalue weighted by Crippen LogP contribution is 2.30. The molecular formula is C20H15F2N3OS. The van der Waals surface area contributed by atoms with Crippen molar-refractivity contribution in [1.29, 1.82) is 0 Å². The van der Waals surface area contributed by atoms with Crippen molar-refractivity contribution in [3.8, 4) is 17.3 Å². The first-order valence-corrected chi connectivity index (χ1v) is 9.23. The third kappa shape index (κ3) is 3.78. The Balaban J connectivity index is 1.71. The predicted octanol–water partition coefficient (Wildman–Crippen LogP) is 5.41. The van der Waals surface area contributed by atoms with Crippen molar-refractivity contribution in [2.45, 2.75) is 17.8 Å². The van der Waals surface area contributed by atoms with Gasteiger partial charge >= 0.3 is 0 Å². The standard InChI is InChI=1S/C20H15F2N3OS/c1-13-4-6-17(7-5-13)25-19(18-3-2-8-26-18)23-24-20(25)27-12-14-9-15(21)11-16(22)10-14/h2-11H,12H2,1H3. The molecule has 4 nitrogen and oxygen atoms in total. The van der Waals surface area contributed by atoms with Crippen LogP contribution >= 0.6 is 11.8 Å². The molecule has 2 heterocycles. The average molecular weight is 383 g/mol. The van der Waals surface area contributed by atoms with Crippen LogP contribution in [0.15, 0.2) is 70.4 Å². The van der Waals surface area contributed by atoms with Crippen LogP contribution < -0.4 is 0 Å². The largest absolute Gasteiger partial charge is 0.461 e. The van der Waals surface area contributed by atoms with Crippen LogP contribution in [0.4, 0.5) is 8.78 Å². The summed E-state index contributed by atoms with van der Waals surface area (Å²) >= 11 is 1.35. The highest BCUT2D eigenvalue weighted by atomic mass is 32.2. The number of rotatable bonds is 5. The lowest BCUT2D eigenvalue weighted by Crippen LogP contribution is -1.99. The molecular weight excluding hydrogens is 368 g/mol. The van der Waals surface area contributed by atoms with Crippen LogP contribution in [0.5, 0.6) is 0 Å². The highest BCUT2D eigenvalue weighted by Gasteiger charge is 2.18. The first-order valence-electron chi connectivity index (χ1n) is 8.24. The molecule has 0 atom stereocenters. The van der Waals surface area contributed by atoms with Crippen molar-refractivity contribution in [2.75, 3.05) is 0 Å². The lowest BCUT2D eigenvalue weighted by molar-refractivity contribution is 0.575. The summed E-state index contributed by atoms with van der Waals surface area (Å²) in [6.45, 7) is 2.01. The molecule has 0 bridgehead atoms. The second-order valence-corrected chi connectivity index (χ2v) is 6.96. The molecule has 0 aliphatic rings. The van der Waals surface area contributed by atoms with E-state index in [9.17, 15) is 8.78 Å². The molecule has 4 rings (SSSR count). The summed E-state index contributed by atoms with van der Waals surface area (Å²) in [4.78, 5) is 0. The average Bonchev–Trinajstić information content (AvgIpc) is 3.29. The number of furan rings is 1. The van der Waals surface area contributed by atoms with Crippen LogP contribution in [0, 0.1) is 18.6 Å². The quantitative estimate of drug-likeness (QED) is 0.433. The summed E-state index contributed by atoms with van der Waals surface area (Å²) in [5.41, 5.74) is 2.55. The predicted molar refractivity (Wildman–Crippen MR) is 99.7 cm³/mol. The first kappa shape index (κ1) is 17.5. The van der Waals surface area contributed by atoms with E-state index in [1.165, 1.54) is 23.9 Å². The summed E-state index contributed by atoms with van der Waals surface area (Å²) < 4.78 is 34.2. The van der Waals surface area contributed by atoms with Gasteiger partial charge in [-0.3, -0.25) is 4.57 Å². The van der Waals surface area contributed by atoms with Crippen molar-refractivity contribution in [3.63, 3.8) is 0 Å². The molecule has 0 fully saturated rings. The van der Waals surface area contributed by atoms with Gasteiger partial charge in [-0.25, -0.2) is 8.78 Å². The number of aryl methyl sites for hydroxylation is 1. The van der Waals surface area contributed by atoms with Gasteiger partial charge in [0.2, 0.25) is 5.82 Å². The number of hydrogen-bond donors (Lipinski definition) is 0. The van der Waals surface area contributed by atoms with Gasteiger partial charge in [0.15, 0.2) is 10.9 Å². The molecule has 27 heavy (non-hydrogen) atoms. The normalized spacial score (nSPS) is 11.1. The Morgan fingerprint density at radius 2 is 1.74 bits per heavy atom. The number of benzene rings is 2. The Labute approximate surface area is 158 Å². The van der Waals surface area contributed by atoms with Crippen LogP contribution in [0.25, 0.3) is 17.3 Å². The lowest BCUT2D eigenvalue weighted by atomic mass is 10.2. The van der Waals surface area contributed by atoms with E-state index < -0.39 is 11.6 Å². The number of hydrogen-bond acceptors (Lipinski definition) is 4. The Morgan fingerprint density at radius 1 is 1.00 bits per heavy atom. The lowest BCUT2D eigenvalue weighted by Gasteiger charge is -2.09. The second kappa shape index (κ2) is 7.36. The maximum atomic E-state index is 13.4. The molecule has 4 aromatic rings. The number of thioether (sulfide) groups is 1. The van der Waals surface area contributed by atoms with E-state index in [0.29, 0.717) is 28.1 Å². The van der Waals surface area contributed by atoms with E-state index in [2.05, 4.69) is 10.2 Å². The van der Waals surface area contributed by atoms with Crippen LogP contribution in [-0.2, 0) is 5.75 Å². The molecule has 136 valence electrons. The van der Waals surface area contributed by atoms with Gasteiger partial charge in [-0.2, -0.15) is 0 Å². The Hall–Kier alpha value is -2.93. The van der Waals surface area contributed by atoms with Crippen molar-refractivity contribution in [1.82, 2.24) is 14.8 Å². The fourth-order valence-electron chi connectivity index (χ4n) is 2.70. The third-order valence-electron chi connectivity index (χ3n) is 3.96. The van der Waals surface area contributed by atoms with Gasteiger partial charge in [-0.15, -0.1) is 10.2 Å². The van der Waals surface area contributed by atoms with Crippen molar-refractivity contribution >= 4 is 11.8 Å². The topological polar surface area (TPSA) is 43.9 Å². The van der Waals surface area contributed by atoms with Crippen molar-refractivity contribution in [3.05, 3.63) is 83.6 Å². The minimum absolute atomic E-state index is 0.358. The van der Waals surface area contributed by atoms with Gasteiger partial charge < -0.3 is 4.42 Å². The van der Waals surface area contributed by atoms with E-state index in [-0.39, 0.29) is 0 Å². The summed E-state index contributed by atoms with van der Waals surface area (Å²) in [6.07, 6.45) is 1.58. The zero-order valence-electron chi connectivity index (χ0n) is 14.4. The van der Waals surface area contributed by atoms with E-state index in [1.807, 2.05) is 41.8 Å². The maximum Gasteiger partial charge on any atom is 0.205 e. The molecule has 2 aromatic carbocycles. The Morgan fingerprint density at radius 3 is 2.41 bits per heavy atom. The summed E-state index contributed by atoms with van der Waals surface area (Å²) in [7, 11) is 0. The van der Waals surface area contributed by atoms with Crippen LogP contribution in [0.1, 0.15) is 11.1 Å². The fourth-order valence-corrected chi connectivity index (χ4v) is 3.58. The number of aromatic nitrogens is 3. The van der Waals surface area contributed by atoms with E-state index >= 15 is 0 Å². The smallest absolute Gasteiger partial charge is 0.205 e. The molecule has 0 saturated heterocycles. The molecule has 0 unspecified atom stereocenters. The van der Waals surface area contributed by atoms with Gasteiger partial charge in [0.25, 0.3) is 0 Å². The molecule has 0 spiro atoms. The monoisotopic (exact) mass is 383 g/mol. The van der Waals surface area contributed by atoms with Gasteiger partial charge in [0.05, 0.1) is 6.26 Å². The van der Waals surface area contributed by atoms with Crippen LogP contribution in [-0.4, -0.2) is 14.8 Å². The van der Waals surface area contributed by atoms with Crippen molar-refractivity contribution in [2.24, 2.45) is 0 Å². The Kier molecular flexibility index (Phi) is 4.77. The fraction of sp³-hybridized carbons (Fsp3) is 0.100. The molecule has 7 heteroatoms. The summed E-state index contributed by atoms with van der Waals surface area (Å²) in [5, 5.41) is 9.12. The number of nitrogens with zero attached hydrogens (tertiary/aromatic N) is 3. The van der Waals surface area contributed by atoms with Gasteiger partial charge in [0.1, 0.15) is 11.6 Å². The van der Waals surface area contributed by atoms with Gasteiger partial charge in [-0.05, 0) is 48.9 Å². The minimum Gasteiger partial charge on any atom is -0.461 e. The molecule has 0 N–H and O–H groups in total. The second-order valence-electron chi connectivity index (χ2n) is 6.02. The SMILES string of the molecule is Cc1ccc(-n2c(SCc3cc(F)cc(F)c3)nnc2-c2ccco2)cc1. The highest BCUT2D eigenvalue weighted by molar-refractivity contribution is 7.98. The maximum absolute atomic E-state index is 13.4. The molecule has 0 aliphatic carbocycles. The molecule has 0 radical (unpaired) electrons. The third-order valence-corrected chi connectivity index (χ3v) is 4.96. The zero-order chi connectivity index (χ0) is 18.8. The molecule has 2 aromatic heterocycles. The molecule has 0 aliphatic heterocycles. The number of halogens is 2. The van der Waals surface area contributed by atoms with Crippen molar-refractivity contribution < 1.29 is 13.2 Å². The van der Waals surface area contributed by atoms with E-state index in [4.69, 9.17) is 4.42 Å².